The van der Waals surface area contributed by atoms with Crippen molar-refractivity contribution in [1.82, 2.24) is 5.32 Å². The van der Waals surface area contributed by atoms with E-state index in [1.807, 2.05) is 13.8 Å². The smallest absolute Gasteiger partial charge is 0.222 e. The van der Waals surface area contributed by atoms with Crippen LogP contribution in [-0.2, 0) is 28.5 Å². The van der Waals surface area contributed by atoms with Crippen molar-refractivity contribution < 1.29 is 30.0 Å². The fourth-order valence-corrected chi connectivity index (χ4v) is 3.28. The third-order valence-corrected chi connectivity index (χ3v) is 4.86. The normalized spacial score (nSPS) is 19.2. The molecule has 1 N–H and O–H groups in total. The molecule has 0 radical (unpaired) electrons. The van der Waals surface area contributed by atoms with E-state index in [2.05, 4.69) is 11.9 Å². The van der Waals surface area contributed by atoms with E-state index in [4.69, 9.17) is 18.9 Å². The zero-order valence-corrected chi connectivity index (χ0v) is 18.4. The minimum absolute atomic E-state index is 0. The molecule has 0 unspecified atom stereocenters. The number of nitrogens with one attached hydrogen (secondary N) is 1. The maximum absolute atomic E-state index is 12.0. The van der Waals surface area contributed by atoms with Crippen molar-refractivity contribution in [2.45, 2.75) is 58.9 Å². The van der Waals surface area contributed by atoms with Gasteiger partial charge in [0.25, 0.3) is 0 Å². The Morgan fingerprint density at radius 3 is 1.97 bits per heavy atom. The topological polar surface area (TPSA) is 83.1 Å². The van der Waals surface area contributed by atoms with Gasteiger partial charge >= 0.3 is 0 Å². The standard InChI is InChI=1S/C22H39NO6.H2/c1-17(2)22(25)19-5-7-20(8-6-19)23-21(24)9-10-26-11-12-27-13-14-28-15-16-29-18(3)4;/h17,19-20H,3,5-16H2,1-2,4H3,(H,23,24);1H. The average Bonchev–Trinajstić information content (AvgIpc) is 2.68. The zero-order valence-electron chi connectivity index (χ0n) is 18.4. The number of amides is 1. The molecule has 1 saturated carbocycles. The molecule has 29 heavy (non-hydrogen) atoms. The van der Waals surface area contributed by atoms with Gasteiger partial charge in [-0.2, -0.15) is 0 Å². The highest BCUT2D eigenvalue weighted by Crippen LogP contribution is 2.27. The number of Topliss-reactive ketones (excluding diaryl/α,β-unsaturated/α-hetero) is 1. The van der Waals surface area contributed by atoms with Gasteiger partial charge in [-0.3, -0.25) is 9.59 Å². The van der Waals surface area contributed by atoms with Crippen LogP contribution in [0.2, 0.25) is 0 Å². The van der Waals surface area contributed by atoms with Crippen molar-refractivity contribution in [2.24, 2.45) is 11.8 Å². The van der Waals surface area contributed by atoms with Crippen LogP contribution in [0.4, 0.5) is 0 Å². The van der Waals surface area contributed by atoms with E-state index in [0.29, 0.717) is 64.2 Å². The second kappa shape index (κ2) is 15.4. The van der Waals surface area contributed by atoms with Gasteiger partial charge in [0.2, 0.25) is 5.91 Å². The summed E-state index contributed by atoms with van der Waals surface area (Å²) in [6, 6.07) is 0.183. The molecule has 0 aromatic heterocycles. The summed E-state index contributed by atoms with van der Waals surface area (Å²) in [5.41, 5.74) is 0. The Morgan fingerprint density at radius 1 is 0.931 bits per heavy atom. The first-order chi connectivity index (χ1) is 13.9. The summed E-state index contributed by atoms with van der Waals surface area (Å²) in [5.74, 6) is 1.31. The molecular weight excluding hydrogens is 374 g/mol. The SMILES string of the molecule is C=C(C)OCCOCCOCCOCCC(=O)NC1CCC(C(=O)C(C)C)CC1.[HH]. The van der Waals surface area contributed by atoms with Gasteiger partial charge in [-0.15, -0.1) is 0 Å². The number of allylic oxidation sites excluding steroid dienone is 1. The molecule has 7 nitrogen and oxygen atoms in total. The van der Waals surface area contributed by atoms with Crippen molar-refractivity contribution in [3.05, 3.63) is 12.3 Å². The molecule has 0 aromatic carbocycles. The second-order valence-corrected chi connectivity index (χ2v) is 7.81. The van der Waals surface area contributed by atoms with Gasteiger partial charge in [0, 0.05) is 25.7 Å². The molecule has 0 spiro atoms. The third-order valence-electron chi connectivity index (χ3n) is 4.86. The summed E-state index contributed by atoms with van der Waals surface area (Å²) < 4.78 is 21.4. The molecule has 0 atom stereocenters. The molecule has 1 rings (SSSR count). The number of ether oxygens (including phenoxy) is 4. The summed E-state index contributed by atoms with van der Waals surface area (Å²) in [4.78, 5) is 24.1. The lowest BCUT2D eigenvalue weighted by atomic mass is 9.80. The van der Waals surface area contributed by atoms with Crippen LogP contribution < -0.4 is 5.32 Å². The lowest BCUT2D eigenvalue weighted by Gasteiger charge is -2.29. The van der Waals surface area contributed by atoms with Gasteiger partial charge in [-0.25, -0.2) is 0 Å². The van der Waals surface area contributed by atoms with Crippen LogP contribution >= 0.6 is 0 Å². The van der Waals surface area contributed by atoms with Crippen LogP contribution in [0.3, 0.4) is 0 Å². The maximum Gasteiger partial charge on any atom is 0.222 e. The van der Waals surface area contributed by atoms with E-state index in [9.17, 15) is 9.59 Å². The van der Waals surface area contributed by atoms with Gasteiger partial charge < -0.3 is 24.3 Å². The molecule has 0 heterocycles. The van der Waals surface area contributed by atoms with Gasteiger partial charge in [0.1, 0.15) is 12.4 Å². The van der Waals surface area contributed by atoms with E-state index < -0.39 is 0 Å². The van der Waals surface area contributed by atoms with Crippen LogP contribution in [0.5, 0.6) is 0 Å². The first-order valence-corrected chi connectivity index (χ1v) is 10.7. The molecule has 0 saturated heterocycles. The largest absolute Gasteiger partial charge is 0.496 e. The fraction of sp³-hybridized carbons (Fsp3) is 0.818. The van der Waals surface area contributed by atoms with Crippen LogP contribution in [0.25, 0.3) is 0 Å². The molecule has 7 heteroatoms. The summed E-state index contributed by atoms with van der Waals surface area (Å²) >= 11 is 0. The Kier molecular flexibility index (Phi) is 13.6. The van der Waals surface area contributed by atoms with Crippen molar-refractivity contribution in [2.75, 3.05) is 46.2 Å². The number of carbonyl (C=O) groups is 2. The quantitative estimate of drug-likeness (QED) is 0.308. The third kappa shape index (κ3) is 12.7. The Bertz CT molecular complexity index is 492. The summed E-state index contributed by atoms with van der Waals surface area (Å²) in [5, 5.41) is 3.06. The molecule has 0 aliphatic heterocycles. The van der Waals surface area contributed by atoms with Crippen LogP contribution in [0, 0.1) is 11.8 Å². The first-order valence-electron chi connectivity index (χ1n) is 10.7. The molecule has 1 amide bonds. The van der Waals surface area contributed by atoms with Gasteiger partial charge in [-0.05, 0) is 32.6 Å². The fourth-order valence-electron chi connectivity index (χ4n) is 3.28. The van der Waals surface area contributed by atoms with Crippen molar-refractivity contribution in [3.63, 3.8) is 0 Å². The minimum atomic E-state index is 0. The number of hydrogen-bond donors (Lipinski definition) is 1. The van der Waals surface area contributed by atoms with Crippen LogP contribution in [0.15, 0.2) is 12.3 Å². The zero-order chi connectivity index (χ0) is 21.5. The van der Waals surface area contributed by atoms with Crippen LogP contribution in [0.1, 0.15) is 54.3 Å². The Balaban J connectivity index is 0.00000841. The van der Waals surface area contributed by atoms with E-state index >= 15 is 0 Å². The lowest BCUT2D eigenvalue weighted by molar-refractivity contribution is -0.127. The Morgan fingerprint density at radius 2 is 1.45 bits per heavy atom. The van der Waals surface area contributed by atoms with E-state index in [1.165, 1.54) is 0 Å². The van der Waals surface area contributed by atoms with Crippen LogP contribution in [-0.4, -0.2) is 64.0 Å². The monoisotopic (exact) mass is 415 g/mol. The van der Waals surface area contributed by atoms with E-state index in [-0.39, 0.29) is 25.2 Å². The number of carbonyl (C=O) groups excluding carboxylic acids is 2. The number of rotatable bonds is 16. The average molecular weight is 416 g/mol. The van der Waals surface area contributed by atoms with Gasteiger partial charge in [-0.1, -0.05) is 20.4 Å². The Labute approximate surface area is 177 Å². The van der Waals surface area contributed by atoms with Gasteiger partial charge in [0.05, 0.1) is 45.4 Å². The highest BCUT2D eigenvalue weighted by atomic mass is 16.6. The second-order valence-electron chi connectivity index (χ2n) is 7.81. The van der Waals surface area contributed by atoms with E-state index in [0.717, 1.165) is 25.7 Å². The van der Waals surface area contributed by atoms with Crippen molar-refractivity contribution >= 4 is 11.7 Å². The van der Waals surface area contributed by atoms with Crippen molar-refractivity contribution in [1.29, 1.82) is 0 Å². The summed E-state index contributed by atoms with van der Waals surface area (Å²) in [6.07, 6.45) is 3.85. The summed E-state index contributed by atoms with van der Waals surface area (Å²) in [6.45, 7) is 12.7. The molecule has 1 aliphatic rings. The van der Waals surface area contributed by atoms with Gasteiger partial charge in [0.15, 0.2) is 0 Å². The number of hydrogen-bond acceptors (Lipinski definition) is 6. The predicted octanol–water partition coefficient (Wildman–Crippen LogP) is 3.12. The molecule has 170 valence electrons. The predicted molar refractivity (Wildman–Crippen MR) is 114 cm³/mol. The molecular formula is C22H41NO6. The summed E-state index contributed by atoms with van der Waals surface area (Å²) in [7, 11) is 0. The molecule has 1 aliphatic carbocycles. The maximum atomic E-state index is 12.0. The first kappa shape index (κ1) is 25.6. The van der Waals surface area contributed by atoms with Crippen molar-refractivity contribution in [3.8, 4) is 0 Å². The minimum Gasteiger partial charge on any atom is -0.496 e. The highest BCUT2D eigenvalue weighted by molar-refractivity contribution is 5.83. The molecule has 1 fully saturated rings. The molecule has 0 bridgehead atoms. The highest BCUT2D eigenvalue weighted by Gasteiger charge is 2.28. The molecule has 0 aromatic rings. The number of ketones is 1. The van der Waals surface area contributed by atoms with E-state index in [1.54, 1.807) is 6.92 Å². The lowest BCUT2D eigenvalue weighted by Crippen LogP contribution is -2.39. The Hall–Kier alpha value is -1.44.